The van der Waals surface area contributed by atoms with Gasteiger partial charge in [-0.3, -0.25) is 9.78 Å². The maximum absolute atomic E-state index is 13.7. The Labute approximate surface area is 184 Å². The van der Waals surface area contributed by atoms with Crippen molar-refractivity contribution >= 4 is 16.9 Å². The van der Waals surface area contributed by atoms with E-state index < -0.39 is 34.7 Å². The zero-order chi connectivity index (χ0) is 23.6. The topological polar surface area (TPSA) is 87.9 Å². The third-order valence-corrected chi connectivity index (χ3v) is 4.47. The average Bonchev–Trinajstić information content (AvgIpc) is 2.80. The van der Waals surface area contributed by atoms with Gasteiger partial charge in [0.25, 0.3) is 5.76 Å². The number of aromatic nitrogens is 1. The summed E-state index contributed by atoms with van der Waals surface area (Å²) in [7, 11) is 1.38. The molecular weight excluding hydrogens is 443 g/mol. The minimum atomic E-state index is -5.04. The van der Waals surface area contributed by atoms with Crippen molar-refractivity contribution in [3.63, 3.8) is 0 Å². The van der Waals surface area contributed by atoms with E-state index in [2.05, 4.69) is 4.98 Å². The minimum absolute atomic E-state index is 0.0469. The quantitative estimate of drug-likeness (QED) is 0.300. The van der Waals surface area contributed by atoms with Crippen molar-refractivity contribution in [2.45, 2.75) is 6.18 Å². The number of fused-ring (bicyclic) bond motifs is 1. The fourth-order valence-electron chi connectivity index (χ4n) is 2.94. The number of ether oxygens (including phenoxy) is 3. The van der Waals surface area contributed by atoms with Crippen molar-refractivity contribution in [2.75, 3.05) is 7.11 Å². The van der Waals surface area contributed by atoms with Crippen molar-refractivity contribution in [2.24, 2.45) is 0 Å². The minimum Gasteiger partial charge on any atom is -0.497 e. The Hall–Kier alpha value is -4.34. The monoisotopic (exact) mass is 457 g/mol. The standard InChI is InChI=1S/C23H14F3NO6/c1-30-14-3-2-4-15(11-14)31-20-19(28)17-6-5-16(12-18(17)33-21(20)23(24,25)26)32-22(29)13-7-9-27-10-8-13/h2-12H,1H3. The molecule has 0 N–H and O–H groups in total. The first-order chi connectivity index (χ1) is 15.8. The van der Waals surface area contributed by atoms with Crippen LogP contribution in [-0.2, 0) is 6.18 Å². The molecule has 168 valence electrons. The number of halogens is 3. The summed E-state index contributed by atoms with van der Waals surface area (Å²) in [5.41, 5.74) is -1.28. The molecule has 0 atom stereocenters. The highest BCUT2D eigenvalue weighted by Crippen LogP contribution is 2.39. The molecule has 10 heteroatoms. The Bertz CT molecular complexity index is 1380. The number of benzene rings is 2. The predicted octanol–water partition coefficient (Wildman–Crippen LogP) is 5.23. The van der Waals surface area contributed by atoms with Crippen LogP contribution in [0.3, 0.4) is 0 Å². The Morgan fingerprint density at radius 2 is 1.70 bits per heavy atom. The van der Waals surface area contributed by atoms with Gasteiger partial charge in [-0.15, -0.1) is 0 Å². The number of hydrogen-bond donors (Lipinski definition) is 0. The van der Waals surface area contributed by atoms with Crippen molar-refractivity contribution < 1.29 is 36.6 Å². The molecule has 0 spiro atoms. The summed E-state index contributed by atoms with van der Waals surface area (Å²) in [5, 5.41) is -0.190. The molecule has 0 aliphatic heterocycles. The zero-order valence-corrected chi connectivity index (χ0v) is 16.9. The number of nitrogens with zero attached hydrogens (tertiary/aromatic N) is 1. The van der Waals surface area contributed by atoms with Crippen LogP contribution in [0, 0.1) is 0 Å². The van der Waals surface area contributed by atoms with E-state index in [0.29, 0.717) is 5.75 Å². The Morgan fingerprint density at radius 3 is 2.39 bits per heavy atom. The maximum atomic E-state index is 13.7. The summed E-state index contributed by atoms with van der Waals surface area (Å²) in [6.45, 7) is 0. The first kappa shape index (κ1) is 21.9. The van der Waals surface area contributed by atoms with E-state index >= 15 is 0 Å². The van der Waals surface area contributed by atoms with Gasteiger partial charge in [0, 0.05) is 24.5 Å². The summed E-state index contributed by atoms with van der Waals surface area (Å²) in [6, 6.07) is 12.1. The molecule has 4 aromatic rings. The van der Waals surface area contributed by atoms with E-state index in [1.165, 1.54) is 62.0 Å². The number of methoxy groups -OCH3 is 1. The summed E-state index contributed by atoms with van der Waals surface area (Å²) in [6.07, 6.45) is -2.27. The van der Waals surface area contributed by atoms with Gasteiger partial charge in [0.15, 0.2) is 0 Å². The van der Waals surface area contributed by atoms with E-state index in [0.717, 1.165) is 6.07 Å². The lowest BCUT2D eigenvalue weighted by molar-refractivity contribution is -0.154. The highest BCUT2D eigenvalue weighted by Gasteiger charge is 2.40. The van der Waals surface area contributed by atoms with Crippen molar-refractivity contribution in [1.82, 2.24) is 4.98 Å². The Balaban J connectivity index is 1.76. The second kappa shape index (κ2) is 8.65. The van der Waals surface area contributed by atoms with Crippen molar-refractivity contribution in [1.29, 1.82) is 0 Å². The largest absolute Gasteiger partial charge is 0.497 e. The van der Waals surface area contributed by atoms with Crippen LogP contribution in [0.1, 0.15) is 16.1 Å². The highest BCUT2D eigenvalue weighted by molar-refractivity contribution is 5.91. The van der Waals surface area contributed by atoms with Crippen molar-refractivity contribution in [3.8, 4) is 23.0 Å². The summed E-state index contributed by atoms with van der Waals surface area (Å²) < 4.78 is 61.6. The molecule has 0 radical (unpaired) electrons. The molecule has 0 saturated carbocycles. The molecule has 2 heterocycles. The fourth-order valence-corrected chi connectivity index (χ4v) is 2.94. The number of carbonyl (C=O) groups excluding carboxylic acids is 1. The molecule has 33 heavy (non-hydrogen) atoms. The molecule has 0 aliphatic rings. The predicted molar refractivity (Wildman–Crippen MR) is 110 cm³/mol. The van der Waals surface area contributed by atoms with Gasteiger partial charge >= 0.3 is 12.1 Å². The van der Waals surface area contributed by atoms with E-state index in [1.807, 2.05) is 0 Å². The molecule has 2 aromatic carbocycles. The van der Waals surface area contributed by atoms with Crippen LogP contribution in [0.25, 0.3) is 11.0 Å². The van der Waals surface area contributed by atoms with Crippen LogP contribution in [0.2, 0.25) is 0 Å². The van der Waals surface area contributed by atoms with Gasteiger partial charge in [0.2, 0.25) is 11.2 Å². The number of pyridine rings is 1. The average molecular weight is 457 g/mol. The highest BCUT2D eigenvalue weighted by atomic mass is 19.4. The number of rotatable bonds is 5. The second-order valence-electron chi connectivity index (χ2n) is 6.65. The molecule has 0 saturated heterocycles. The molecule has 2 aromatic heterocycles. The van der Waals surface area contributed by atoms with Crippen molar-refractivity contribution in [3.05, 3.63) is 88.5 Å². The second-order valence-corrected chi connectivity index (χ2v) is 6.65. The SMILES string of the molecule is COc1cccc(Oc2c(C(F)(F)F)oc3cc(OC(=O)c4ccncc4)ccc3c2=O)c1. The van der Waals surface area contributed by atoms with Crippen LogP contribution in [0.15, 0.2) is 76.2 Å². The number of esters is 1. The Morgan fingerprint density at radius 1 is 0.970 bits per heavy atom. The zero-order valence-electron chi connectivity index (χ0n) is 16.9. The lowest BCUT2D eigenvalue weighted by atomic mass is 10.2. The third-order valence-electron chi connectivity index (χ3n) is 4.47. The lowest BCUT2D eigenvalue weighted by Crippen LogP contribution is -2.15. The molecule has 0 unspecified atom stereocenters. The van der Waals surface area contributed by atoms with Gasteiger partial charge in [0.05, 0.1) is 18.1 Å². The normalized spacial score (nSPS) is 11.3. The Kier molecular flexibility index (Phi) is 5.74. The van der Waals surface area contributed by atoms with Gasteiger partial charge in [-0.25, -0.2) is 4.79 Å². The molecular formula is C23H14F3NO6. The third kappa shape index (κ3) is 4.64. The fraction of sp³-hybridized carbons (Fsp3) is 0.0870. The van der Waals surface area contributed by atoms with Gasteiger partial charge in [-0.1, -0.05) is 6.07 Å². The summed E-state index contributed by atoms with van der Waals surface area (Å²) in [4.78, 5) is 28.9. The molecule has 4 rings (SSSR count). The first-order valence-electron chi connectivity index (χ1n) is 9.38. The van der Waals surface area contributed by atoms with Crippen LogP contribution in [0.5, 0.6) is 23.0 Å². The lowest BCUT2D eigenvalue weighted by Gasteiger charge is -2.14. The van der Waals surface area contributed by atoms with Gasteiger partial charge in [-0.05, 0) is 36.4 Å². The van der Waals surface area contributed by atoms with Crippen LogP contribution < -0.4 is 19.6 Å². The number of carbonyl (C=O) groups is 1. The van der Waals surface area contributed by atoms with Gasteiger partial charge < -0.3 is 18.6 Å². The summed E-state index contributed by atoms with van der Waals surface area (Å²) in [5.74, 6) is -3.23. The molecule has 0 fully saturated rings. The van der Waals surface area contributed by atoms with Crippen LogP contribution in [-0.4, -0.2) is 18.1 Å². The van der Waals surface area contributed by atoms with E-state index in [4.69, 9.17) is 18.6 Å². The molecule has 0 bridgehead atoms. The smallest absolute Gasteiger partial charge is 0.453 e. The van der Waals surface area contributed by atoms with Crippen LogP contribution >= 0.6 is 0 Å². The van der Waals surface area contributed by atoms with Gasteiger partial charge in [0.1, 0.15) is 22.8 Å². The molecule has 0 amide bonds. The molecule has 7 nitrogen and oxygen atoms in total. The first-order valence-corrected chi connectivity index (χ1v) is 9.38. The number of alkyl halides is 3. The van der Waals surface area contributed by atoms with E-state index in [9.17, 15) is 22.8 Å². The molecule has 0 aliphatic carbocycles. The van der Waals surface area contributed by atoms with E-state index in [-0.39, 0.29) is 22.4 Å². The summed E-state index contributed by atoms with van der Waals surface area (Å²) >= 11 is 0. The number of hydrogen-bond acceptors (Lipinski definition) is 7. The van der Waals surface area contributed by atoms with E-state index in [1.54, 1.807) is 6.07 Å². The van der Waals surface area contributed by atoms with Crippen LogP contribution in [0.4, 0.5) is 13.2 Å². The maximum Gasteiger partial charge on any atom is 0.453 e. The van der Waals surface area contributed by atoms with Gasteiger partial charge in [-0.2, -0.15) is 13.2 Å².